The number of rotatable bonds is 7. The van der Waals surface area contributed by atoms with E-state index in [2.05, 4.69) is 15.6 Å². The Balaban J connectivity index is 1.71. The van der Waals surface area contributed by atoms with Gasteiger partial charge in [0.2, 0.25) is 0 Å². The first-order valence-electron chi connectivity index (χ1n) is 10.9. The summed E-state index contributed by atoms with van der Waals surface area (Å²) in [5.41, 5.74) is 0.708. The molecule has 174 valence electrons. The second-order valence-electron chi connectivity index (χ2n) is 8.73. The average Bonchev–Trinajstić information content (AvgIpc) is 2.75. The number of ether oxygens (including phenoxy) is 3. The maximum absolute atomic E-state index is 12.2. The summed E-state index contributed by atoms with van der Waals surface area (Å²) in [6.07, 6.45) is 2.53. The number of amides is 1. The summed E-state index contributed by atoms with van der Waals surface area (Å²) in [5.74, 6) is 2.76. The molecule has 8 nitrogen and oxygen atoms in total. The number of piperidine rings is 1. The molecule has 1 fully saturated rings. The van der Waals surface area contributed by atoms with Crippen LogP contribution < -0.4 is 20.1 Å². The molecule has 1 saturated heterocycles. The summed E-state index contributed by atoms with van der Waals surface area (Å²) in [7, 11) is 5.05. The third-order valence-electron chi connectivity index (χ3n) is 5.20. The summed E-state index contributed by atoms with van der Waals surface area (Å²) >= 11 is 0. The van der Waals surface area contributed by atoms with Gasteiger partial charge in [-0.1, -0.05) is 6.07 Å². The van der Waals surface area contributed by atoms with Crippen molar-refractivity contribution in [1.29, 1.82) is 0 Å². The summed E-state index contributed by atoms with van der Waals surface area (Å²) < 4.78 is 16.1. The highest BCUT2D eigenvalue weighted by Gasteiger charge is 2.26. The van der Waals surface area contributed by atoms with Gasteiger partial charge in [0.15, 0.2) is 17.5 Å². The van der Waals surface area contributed by atoms with Crippen LogP contribution in [0.25, 0.3) is 0 Å². The Labute approximate surface area is 186 Å². The van der Waals surface area contributed by atoms with Crippen molar-refractivity contribution in [3.63, 3.8) is 0 Å². The zero-order valence-corrected chi connectivity index (χ0v) is 19.8. The molecule has 0 saturated carbocycles. The number of benzene rings is 1. The second kappa shape index (κ2) is 11.7. The van der Waals surface area contributed by atoms with Crippen molar-refractivity contribution in [2.75, 3.05) is 47.4 Å². The molecule has 1 aromatic carbocycles. The Morgan fingerprint density at radius 3 is 2.39 bits per heavy atom. The molecule has 1 aliphatic rings. The Morgan fingerprint density at radius 1 is 1.13 bits per heavy atom. The van der Waals surface area contributed by atoms with E-state index in [1.165, 1.54) is 0 Å². The van der Waals surface area contributed by atoms with Crippen LogP contribution in [-0.4, -0.2) is 70.0 Å². The fourth-order valence-electron chi connectivity index (χ4n) is 3.47. The van der Waals surface area contributed by atoms with Crippen molar-refractivity contribution in [1.82, 2.24) is 15.5 Å². The van der Waals surface area contributed by atoms with Gasteiger partial charge in [0.05, 0.1) is 14.2 Å². The number of carbonyl (C=O) groups excluding carboxylic acids is 1. The molecule has 0 atom stereocenters. The van der Waals surface area contributed by atoms with E-state index in [4.69, 9.17) is 14.2 Å². The molecule has 0 aromatic heterocycles. The van der Waals surface area contributed by atoms with Crippen LogP contribution in [0.4, 0.5) is 4.79 Å². The molecule has 1 heterocycles. The minimum absolute atomic E-state index is 0.216. The van der Waals surface area contributed by atoms with Gasteiger partial charge in [-0.3, -0.25) is 4.99 Å². The predicted octanol–water partition coefficient (Wildman–Crippen LogP) is 3.06. The van der Waals surface area contributed by atoms with Gasteiger partial charge in [0.1, 0.15) is 5.60 Å². The first-order chi connectivity index (χ1) is 14.8. The van der Waals surface area contributed by atoms with Crippen LogP contribution >= 0.6 is 0 Å². The maximum Gasteiger partial charge on any atom is 0.410 e. The van der Waals surface area contributed by atoms with Gasteiger partial charge in [0.25, 0.3) is 0 Å². The van der Waals surface area contributed by atoms with Crippen LogP contribution in [0.1, 0.15) is 39.2 Å². The highest BCUT2D eigenvalue weighted by molar-refractivity contribution is 5.79. The Hall–Kier alpha value is -2.64. The lowest BCUT2D eigenvalue weighted by Crippen LogP contribution is -2.45. The molecule has 0 bridgehead atoms. The lowest BCUT2D eigenvalue weighted by atomic mass is 9.97. The molecule has 1 aliphatic heterocycles. The zero-order chi connectivity index (χ0) is 22.9. The molecule has 0 aliphatic carbocycles. The fourth-order valence-corrected chi connectivity index (χ4v) is 3.47. The fraction of sp³-hybridized carbons (Fsp3) is 0.652. The maximum atomic E-state index is 12.2. The Kier molecular flexibility index (Phi) is 9.27. The summed E-state index contributed by atoms with van der Waals surface area (Å²) in [4.78, 5) is 18.3. The number of hydrogen-bond donors (Lipinski definition) is 2. The second-order valence-corrected chi connectivity index (χ2v) is 8.73. The number of methoxy groups -OCH3 is 2. The van der Waals surface area contributed by atoms with E-state index >= 15 is 0 Å². The van der Waals surface area contributed by atoms with Gasteiger partial charge < -0.3 is 29.7 Å². The first kappa shape index (κ1) is 24.6. The van der Waals surface area contributed by atoms with Crippen molar-refractivity contribution in [3.05, 3.63) is 23.8 Å². The number of aliphatic imine (C=N–C) groups is 1. The normalized spacial score (nSPS) is 15.4. The molecular weight excluding hydrogens is 396 g/mol. The van der Waals surface area contributed by atoms with Crippen molar-refractivity contribution >= 4 is 12.1 Å². The third-order valence-corrected chi connectivity index (χ3v) is 5.20. The van der Waals surface area contributed by atoms with Gasteiger partial charge in [-0.25, -0.2) is 4.79 Å². The topological polar surface area (TPSA) is 84.4 Å². The lowest BCUT2D eigenvalue weighted by Gasteiger charge is -2.33. The molecule has 1 amide bonds. The molecule has 2 N–H and O–H groups in total. The predicted molar refractivity (Wildman–Crippen MR) is 123 cm³/mol. The average molecular weight is 435 g/mol. The van der Waals surface area contributed by atoms with E-state index in [-0.39, 0.29) is 6.09 Å². The van der Waals surface area contributed by atoms with Crippen molar-refractivity contribution in [2.24, 2.45) is 10.9 Å². The van der Waals surface area contributed by atoms with Crippen LogP contribution in [0.15, 0.2) is 23.2 Å². The zero-order valence-electron chi connectivity index (χ0n) is 19.8. The number of hydrogen-bond acceptors (Lipinski definition) is 5. The highest BCUT2D eigenvalue weighted by atomic mass is 16.6. The monoisotopic (exact) mass is 434 g/mol. The van der Waals surface area contributed by atoms with Crippen LogP contribution in [-0.2, 0) is 11.2 Å². The van der Waals surface area contributed by atoms with Gasteiger partial charge in [-0.2, -0.15) is 0 Å². The molecule has 2 rings (SSSR count). The van der Waals surface area contributed by atoms with E-state index in [1.807, 2.05) is 39.0 Å². The van der Waals surface area contributed by atoms with Crippen LogP contribution in [0.3, 0.4) is 0 Å². The van der Waals surface area contributed by atoms with Gasteiger partial charge in [0, 0.05) is 33.2 Å². The van der Waals surface area contributed by atoms with Crippen molar-refractivity contribution in [3.8, 4) is 11.5 Å². The molecule has 0 radical (unpaired) electrons. The molecule has 31 heavy (non-hydrogen) atoms. The van der Waals surface area contributed by atoms with Gasteiger partial charge in [-0.05, 0) is 63.6 Å². The Morgan fingerprint density at radius 2 is 1.81 bits per heavy atom. The van der Waals surface area contributed by atoms with Gasteiger partial charge in [-0.15, -0.1) is 0 Å². The van der Waals surface area contributed by atoms with Gasteiger partial charge >= 0.3 is 6.09 Å². The lowest BCUT2D eigenvalue weighted by molar-refractivity contribution is 0.0185. The minimum Gasteiger partial charge on any atom is -0.493 e. The van der Waals surface area contributed by atoms with E-state index in [1.54, 1.807) is 26.2 Å². The number of carbonyl (C=O) groups is 1. The van der Waals surface area contributed by atoms with E-state index in [0.717, 1.165) is 68.5 Å². The van der Waals surface area contributed by atoms with Crippen molar-refractivity contribution < 1.29 is 19.0 Å². The largest absolute Gasteiger partial charge is 0.493 e. The summed E-state index contributed by atoms with van der Waals surface area (Å²) in [5, 5.41) is 6.77. The molecule has 1 aromatic rings. The quantitative estimate of drug-likeness (QED) is 0.507. The number of guanidine groups is 1. The van der Waals surface area contributed by atoms with Crippen LogP contribution in [0, 0.1) is 5.92 Å². The number of likely N-dealkylation sites (tertiary alicyclic amines) is 1. The van der Waals surface area contributed by atoms with Crippen LogP contribution in [0.2, 0.25) is 0 Å². The SMILES string of the molecule is CN=C(NCCc1ccc(OC)c(OC)c1)NCC1CCN(C(=O)OC(C)(C)C)CC1. The van der Waals surface area contributed by atoms with Crippen molar-refractivity contribution in [2.45, 2.75) is 45.6 Å². The molecule has 8 heteroatoms. The number of nitrogens with zero attached hydrogens (tertiary/aromatic N) is 2. The van der Waals surface area contributed by atoms with E-state index in [9.17, 15) is 4.79 Å². The standard InChI is InChI=1S/C23H38N4O4/c1-23(2,3)31-22(28)27-13-10-18(11-14-27)16-26-21(24-4)25-12-9-17-7-8-19(29-5)20(15-17)30-6/h7-8,15,18H,9-14,16H2,1-6H3,(H2,24,25,26). The van der Waals surface area contributed by atoms with E-state index < -0.39 is 5.60 Å². The highest BCUT2D eigenvalue weighted by Crippen LogP contribution is 2.27. The molecule has 0 spiro atoms. The third kappa shape index (κ3) is 8.19. The van der Waals surface area contributed by atoms with Crippen LogP contribution in [0.5, 0.6) is 11.5 Å². The smallest absolute Gasteiger partial charge is 0.410 e. The number of nitrogens with one attached hydrogen (secondary N) is 2. The Bertz CT molecular complexity index is 738. The first-order valence-corrected chi connectivity index (χ1v) is 10.9. The summed E-state index contributed by atoms with van der Waals surface area (Å²) in [6, 6.07) is 5.96. The molecular formula is C23H38N4O4. The summed E-state index contributed by atoms with van der Waals surface area (Å²) in [6.45, 7) is 8.73. The van der Waals surface area contributed by atoms with E-state index in [0.29, 0.717) is 5.92 Å². The molecule has 0 unspecified atom stereocenters. The minimum atomic E-state index is -0.454.